The van der Waals surface area contributed by atoms with Crippen LogP contribution in [0.4, 0.5) is 0 Å². The summed E-state index contributed by atoms with van der Waals surface area (Å²) in [6, 6.07) is 0. The van der Waals surface area contributed by atoms with Gasteiger partial charge >= 0.3 is 0 Å². The quantitative estimate of drug-likeness (QED) is 0.164. The lowest BCUT2D eigenvalue weighted by Crippen LogP contribution is -2.71. The molecule has 0 aromatic carbocycles. The molecule has 7 rings (SSSR count). The molecule has 21 atom stereocenters. The molecule has 14 heteroatoms. The van der Waals surface area contributed by atoms with Crippen LogP contribution in [0.15, 0.2) is 0 Å². The van der Waals surface area contributed by atoms with Crippen molar-refractivity contribution in [2.75, 3.05) is 13.2 Å². The van der Waals surface area contributed by atoms with E-state index in [1.807, 2.05) is 0 Å². The van der Waals surface area contributed by atoms with Crippen LogP contribution < -0.4 is 0 Å². The standard InChI is InChI=1S/C41H70O14/c1-36(2)25(45)10-12-38(5)24-15-20(43)27-19(41(8)14-11-26(55-41)37(3,4)50)9-13-39(27,6)40(24,7)16-22(33(36)38)52-35-32(30(48)29(47)23(17-42)53-35)54-34-31(49)28(46)21(44)18-51-34/h19-35,42-50H,9-18H2,1-8H3/t19?,20?,21-,22?,23-,24?,25?,26?,27?,28-,29-,30-,31-,32-,33?,34+,35-,38?,39?,40?,41?/m1/s1. The first-order chi connectivity index (χ1) is 25.4. The first-order valence-electron chi connectivity index (χ1n) is 20.8. The van der Waals surface area contributed by atoms with Gasteiger partial charge < -0.3 is 69.6 Å². The molecule has 0 bridgehead atoms. The minimum Gasteiger partial charge on any atom is -0.394 e. The first-order valence-corrected chi connectivity index (χ1v) is 20.8. The van der Waals surface area contributed by atoms with Crippen LogP contribution in [-0.2, 0) is 23.7 Å². The first kappa shape index (κ1) is 42.6. The van der Waals surface area contributed by atoms with E-state index < -0.39 is 108 Å². The summed E-state index contributed by atoms with van der Waals surface area (Å²) in [7, 11) is 0. The molecule has 0 amide bonds. The van der Waals surface area contributed by atoms with Crippen molar-refractivity contribution in [3.8, 4) is 0 Å². The Kier molecular flexibility index (Phi) is 11.1. The summed E-state index contributed by atoms with van der Waals surface area (Å²) >= 11 is 0. The Morgan fingerprint density at radius 1 is 0.745 bits per heavy atom. The second-order valence-corrected chi connectivity index (χ2v) is 20.8. The second kappa shape index (κ2) is 14.3. The molecule has 7 aliphatic rings. The highest BCUT2D eigenvalue weighted by molar-refractivity contribution is 5.22. The zero-order valence-electron chi connectivity index (χ0n) is 34.0. The van der Waals surface area contributed by atoms with E-state index in [1.165, 1.54) is 0 Å². The van der Waals surface area contributed by atoms with Gasteiger partial charge in [0.25, 0.3) is 0 Å². The number of aliphatic hydroxyl groups is 9. The van der Waals surface area contributed by atoms with Gasteiger partial charge in [-0.15, -0.1) is 0 Å². The highest BCUT2D eigenvalue weighted by Crippen LogP contribution is 2.76. The number of aliphatic hydroxyl groups excluding tert-OH is 8. The molecule has 4 saturated carbocycles. The average molecular weight is 787 g/mol. The Morgan fingerprint density at radius 2 is 1.44 bits per heavy atom. The van der Waals surface area contributed by atoms with Crippen molar-refractivity contribution in [1.82, 2.24) is 0 Å². The maximum Gasteiger partial charge on any atom is 0.187 e. The average Bonchev–Trinajstić information content (AvgIpc) is 3.70. The number of hydrogen-bond acceptors (Lipinski definition) is 14. The van der Waals surface area contributed by atoms with Crippen LogP contribution >= 0.6 is 0 Å². The molecule has 3 heterocycles. The second-order valence-electron chi connectivity index (χ2n) is 20.8. The molecule has 0 spiro atoms. The smallest absolute Gasteiger partial charge is 0.187 e. The van der Waals surface area contributed by atoms with Gasteiger partial charge in [0.05, 0.1) is 48.8 Å². The van der Waals surface area contributed by atoms with Gasteiger partial charge in [-0.2, -0.15) is 0 Å². The molecule has 4 aliphatic carbocycles. The molecule has 0 aromatic heterocycles. The summed E-state index contributed by atoms with van der Waals surface area (Å²) in [4.78, 5) is 0. The third kappa shape index (κ3) is 6.50. The maximum atomic E-state index is 12.4. The lowest BCUT2D eigenvalue weighted by molar-refractivity contribution is -0.377. The normalized spacial score (nSPS) is 56.8. The predicted molar refractivity (Wildman–Crippen MR) is 196 cm³/mol. The molecule has 0 aromatic rings. The summed E-state index contributed by atoms with van der Waals surface area (Å²) in [5.74, 6) is -0.233. The number of ether oxygens (including phenoxy) is 5. The molecule has 0 radical (unpaired) electrons. The molecule has 12 unspecified atom stereocenters. The van der Waals surface area contributed by atoms with Crippen LogP contribution in [0.1, 0.15) is 107 Å². The third-order valence-electron chi connectivity index (χ3n) is 17.0. The van der Waals surface area contributed by atoms with E-state index >= 15 is 0 Å². The summed E-state index contributed by atoms with van der Waals surface area (Å²) < 4.78 is 31.6. The van der Waals surface area contributed by atoms with E-state index in [4.69, 9.17) is 23.7 Å². The number of fused-ring (bicyclic) bond motifs is 5. The Balaban J connectivity index is 1.25. The Hall–Kier alpha value is -0.560. The zero-order chi connectivity index (χ0) is 40.4. The molecule has 318 valence electrons. The van der Waals surface area contributed by atoms with Crippen LogP contribution in [0.25, 0.3) is 0 Å². The molecule has 9 N–H and O–H groups in total. The summed E-state index contributed by atoms with van der Waals surface area (Å²) in [6.07, 6.45) is -9.89. The third-order valence-corrected chi connectivity index (χ3v) is 17.0. The van der Waals surface area contributed by atoms with Crippen molar-refractivity contribution < 1.29 is 69.6 Å². The van der Waals surface area contributed by atoms with E-state index in [0.717, 1.165) is 25.7 Å². The van der Waals surface area contributed by atoms with Crippen molar-refractivity contribution in [3.05, 3.63) is 0 Å². The van der Waals surface area contributed by atoms with Crippen molar-refractivity contribution in [3.63, 3.8) is 0 Å². The molecular weight excluding hydrogens is 716 g/mol. The van der Waals surface area contributed by atoms with Gasteiger partial charge in [-0.25, -0.2) is 0 Å². The highest BCUT2D eigenvalue weighted by atomic mass is 16.8. The van der Waals surface area contributed by atoms with Gasteiger partial charge in [-0.1, -0.05) is 34.6 Å². The largest absolute Gasteiger partial charge is 0.394 e. The highest BCUT2D eigenvalue weighted by Gasteiger charge is 2.74. The van der Waals surface area contributed by atoms with Crippen molar-refractivity contribution in [1.29, 1.82) is 0 Å². The zero-order valence-corrected chi connectivity index (χ0v) is 34.0. The van der Waals surface area contributed by atoms with E-state index in [2.05, 4.69) is 41.5 Å². The lowest BCUT2D eigenvalue weighted by atomic mass is 9.34. The Bertz CT molecular complexity index is 1390. The van der Waals surface area contributed by atoms with E-state index in [-0.39, 0.29) is 41.8 Å². The SMILES string of the molecule is CC(C)(O)C1CCC(C)(C2CCC3(C)C2C(O)CC2C4(C)CCC(O)C(C)(C)C4C(O[C@@H]4O[C@H](CO)[C@@H](O)[C@@H](O)[C@H]4O[C@@H]4OC[C@@H](O)[C@@H](O)[C@H]4O)CC23C)O1. The maximum absolute atomic E-state index is 12.4. The summed E-state index contributed by atoms with van der Waals surface area (Å²) in [6.45, 7) is 15.8. The Morgan fingerprint density at radius 3 is 2.07 bits per heavy atom. The fourth-order valence-electron chi connectivity index (χ4n) is 13.9. The topological polar surface area (TPSA) is 228 Å². The lowest BCUT2D eigenvalue weighted by Gasteiger charge is -2.72. The van der Waals surface area contributed by atoms with E-state index in [9.17, 15) is 46.0 Å². The van der Waals surface area contributed by atoms with Crippen LogP contribution in [0, 0.1) is 45.3 Å². The van der Waals surface area contributed by atoms with E-state index in [1.54, 1.807) is 13.8 Å². The molecule has 55 heavy (non-hydrogen) atoms. The molecule has 7 fully saturated rings. The monoisotopic (exact) mass is 786 g/mol. The minimum atomic E-state index is -1.68. The Labute approximate surface area is 325 Å². The summed E-state index contributed by atoms with van der Waals surface area (Å²) in [5.41, 5.74) is -3.33. The van der Waals surface area contributed by atoms with Gasteiger partial charge in [-0.05, 0) is 117 Å². The van der Waals surface area contributed by atoms with Crippen LogP contribution in [-0.4, -0.2) is 150 Å². The van der Waals surface area contributed by atoms with Crippen molar-refractivity contribution in [2.24, 2.45) is 45.3 Å². The van der Waals surface area contributed by atoms with Crippen LogP contribution in [0.2, 0.25) is 0 Å². The minimum absolute atomic E-state index is 0.0590. The molecule has 3 saturated heterocycles. The fraction of sp³-hybridized carbons (Fsp3) is 1.00. The van der Waals surface area contributed by atoms with Crippen molar-refractivity contribution >= 4 is 0 Å². The van der Waals surface area contributed by atoms with Gasteiger partial charge in [0.1, 0.15) is 42.7 Å². The molecule has 14 nitrogen and oxygen atoms in total. The van der Waals surface area contributed by atoms with E-state index in [0.29, 0.717) is 25.7 Å². The summed E-state index contributed by atoms with van der Waals surface area (Å²) in [5, 5.41) is 98.7. The molecule has 3 aliphatic heterocycles. The number of hydrogen-bond donors (Lipinski definition) is 9. The molecular formula is C41H70O14. The van der Waals surface area contributed by atoms with Gasteiger partial charge in [0.2, 0.25) is 0 Å². The van der Waals surface area contributed by atoms with Gasteiger partial charge in [-0.3, -0.25) is 0 Å². The van der Waals surface area contributed by atoms with Crippen LogP contribution in [0.3, 0.4) is 0 Å². The van der Waals surface area contributed by atoms with Crippen molar-refractivity contribution in [2.45, 2.75) is 198 Å². The van der Waals surface area contributed by atoms with Gasteiger partial charge in [0.15, 0.2) is 12.6 Å². The fourth-order valence-corrected chi connectivity index (χ4v) is 13.9. The predicted octanol–water partition coefficient (Wildman–Crippen LogP) is 0.970. The van der Waals surface area contributed by atoms with Gasteiger partial charge in [0, 0.05) is 0 Å². The van der Waals surface area contributed by atoms with Crippen LogP contribution in [0.5, 0.6) is 0 Å². The number of rotatable bonds is 7.